The molecule has 4 aromatic rings. The molecule has 0 amide bonds. The molecule has 2 aromatic carbocycles. The summed E-state index contributed by atoms with van der Waals surface area (Å²) in [6.07, 6.45) is -0.0812. The van der Waals surface area contributed by atoms with Gasteiger partial charge >= 0.3 is 6.18 Å². The van der Waals surface area contributed by atoms with Crippen LogP contribution in [0.25, 0.3) is 0 Å². The van der Waals surface area contributed by atoms with Gasteiger partial charge in [-0.2, -0.15) is 13.2 Å². The van der Waals surface area contributed by atoms with Crippen molar-refractivity contribution >= 4 is 17.3 Å². The van der Waals surface area contributed by atoms with Crippen LogP contribution in [0.5, 0.6) is 0 Å². The van der Waals surface area contributed by atoms with E-state index in [9.17, 15) is 17.6 Å². The van der Waals surface area contributed by atoms with Gasteiger partial charge in [0.15, 0.2) is 0 Å². The Morgan fingerprint density at radius 3 is 2.25 bits per heavy atom. The first-order valence-electron chi connectivity index (χ1n) is 10.8. The van der Waals surface area contributed by atoms with Crippen LogP contribution in [0.4, 0.5) is 23.2 Å². The number of hydrogen-bond acceptors (Lipinski definition) is 4. The summed E-state index contributed by atoms with van der Waals surface area (Å²) in [6.45, 7) is 4.03. The Morgan fingerprint density at radius 1 is 0.917 bits per heavy atom. The number of benzene rings is 2. The minimum absolute atomic E-state index is 0.0196. The highest BCUT2D eigenvalue weighted by molar-refractivity contribution is 6.30. The van der Waals surface area contributed by atoms with Crippen molar-refractivity contribution in [3.63, 3.8) is 0 Å². The van der Waals surface area contributed by atoms with Crippen molar-refractivity contribution in [2.24, 2.45) is 0 Å². The molecule has 2 N–H and O–H groups in total. The maximum atomic E-state index is 14.7. The normalized spacial score (nSPS) is 13.0. The van der Waals surface area contributed by atoms with E-state index in [0.29, 0.717) is 22.5 Å². The van der Waals surface area contributed by atoms with E-state index >= 15 is 0 Å². The van der Waals surface area contributed by atoms with E-state index in [1.165, 1.54) is 6.20 Å². The molecule has 1 atom stereocenters. The Bertz CT molecular complexity index is 1330. The summed E-state index contributed by atoms with van der Waals surface area (Å²) >= 11 is 6.06. The molecule has 0 unspecified atom stereocenters. The van der Waals surface area contributed by atoms with Crippen LogP contribution in [-0.2, 0) is 18.1 Å². The van der Waals surface area contributed by atoms with Gasteiger partial charge < -0.3 is 10.6 Å². The fourth-order valence-electron chi connectivity index (χ4n) is 3.95. The van der Waals surface area contributed by atoms with Gasteiger partial charge in [0, 0.05) is 30.7 Å². The summed E-state index contributed by atoms with van der Waals surface area (Å²) in [7, 11) is 0. The second-order valence-electron chi connectivity index (χ2n) is 8.12. The molecule has 4 rings (SSSR count). The van der Waals surface area contributed by atoms with E-state index in [-0.39, 0.29) is 17.8 Å². The molecule has 184 valence electrons. The van der Waals surface area contributed by atoms with E-state index in [0.717, 1.165) is 17.7 Å². The predicted octanol–water partition coefficient (Wildman–Crippen LogP) is 6.95. The average molecular weight is 513 g/mol. The lowest BCUT2D eigenvalue weighted by Crippen LogP contribution is -2.47. The topological polar surface area (TPSA) is 49.8 Å². The largest absolute Gasteiger partial charge is 0.416 e. The van der Waals surface area contributed by atoms with Crippen molar-refractivity contribution in [3.05, 3.63) is 137 Å². The summed E-state index contributed by atoms with van der Waals surface area (Å²) < 4.78 is 55.8. The van der Waals surface area contributed by atoms with Gasteiger partial charge in [0.1, 0.15) is 11.4 Å². The summed E-state index contributed by atoms with van der Waals surface area (Å²) in [5.41, 5.74) is -0.797. The Morgan fingerprint density at radius 2 is 1.61 bits per heavy atom. The minimum atomic E-state index is -4.75. The van der Waals surface area contributed by atoms with Crippen LogP contribution >= 0.6 is 11.6 Å². The molecule has 2 heterocycles. The van der Waals surface area contributed by atoms with Crippen LogP contribution in [0, 0.1) is 5.82 Å². The number of nitrogens with zero attached hydrogens (tertiary/aromatic N) is 2. The lowest BCUT2D eigenvalue weighted by molar-refractivity contribution is -0.137. The number of nitrogens with one attached hydrogen (secondary N) is 2. The number of halogens is 5. The first-order valence-corrected chi connectivity index (χ1v) is 11.2. The zero-order valence-electron chi connectivity index (χ0n) is 18.9. The van der Waals surface area contributed by atoms with Crippen LogP contribution in [0.2, 0.25) is 5.02 Å². The molecule has 4 nitrogen and oxygen atoms in total. The average Bonchev–Trinajstić information content (AvgIpc) is 2.84. The summed E-state index contributed by atoms with van der Waals surface area (Å²) in [6, 6.07) is 18.2. The monoisotopic (exact) mass is 512 g/mol. The summed E-state index contributed by atoms with van der Waals surface area (Å²) in [4.78, 5) is 8.40. The van der Waals surface area contributed by atoms with Gasteiger partial charge in [-0.3, -0.25) is 9.97 Å². The molecular weight excluding hydrogens is 492 g/mol. The Labute approximate surface area is 210 Å². The zero-order valence-corrected chi connectivity index (χ0v) is 19.6. The van der Waals surface area contributed by atoms with Crippen LogP contribution in [0.3, 0.4) is 0 Å². The second-order valence-corrected chi connectivity index (χ2v) is 8.56. The molecule has 0 aliphatic carbocycles. The van der Waals surface area contributed by atoms with Gasteiger partial charge in [-0.05, 0) is 53.6 Å². The van der Waals surface area contributed by atoms with Gasteiger partial charge in [0.25, 0.3) is 0 Å². The van der Waals surface area contributed by atoms with Crippen molar-refractivity contribution in [2.75, 3.05) is 5.32 Å². The van der Waals surface area contributed by atoms with E-state index in [1.54, 1.807) is 36.7 Å². The molecule has 36 heavy (non-hydrogen) atoms. The van der Waals surface area contributed by atoms with Gasteiger partial charge in [-0.15, -0.1) is 0 Å². The number of aromatic nitrogens is 2. The zero-order chi connectivity index (χ0) is 25.8. The van der Waals surface area contributed by atoms with Crippen molar-refractivity contribution < 1.29 is 17.6 Å². The van der Waals surface area contributed by atoms with Gasteiger partial charge in [-0.25, -0.2) is 4.39 Å². The smallest absolute Gasteiger partial charge is 0.357 e. The Hall–Kier alpha value is -3.91. The highest BCUT2D eigenvalue weighted by Gasteiger charge is 2.40. The maximum Gasteiger partial charge on any atom is 0.416 e. The van der Waals surface area contributed by atoms with Crippen molar-refractivity contribution in [3.8, 4) is 0 Å². The molecule has 0 radical (unpaired) electrons. The standard InChI is InChI=1S/C27H21ClF4N4/c1-18(35-24-9-11-33-12-10-24)36-26(16-19-5-3-2-4-6-19,25-8-7-22(28)17-34-25)20-13-21(27(30,31)32)15-23(29)14-20/h2-15,17,36H,1,16H2,(H,33,35)/t26-/m1/s1. The Balaban J connectivity index is 1.91. The summed E-state index contributed by atoms with van der Waals surface area (Å²) in [5.74, 6) is -0.771. The quantitative estimate of drug-likeness (QED) is 0.251. The highest BCUT2D eigenvalue weighted by Crippen LogP contribution is 2.38. The molecule has 0 saturated heterocycles. The first-order chi connectivity index (χ1) is 17.2. The molecule has 0 fully saturated rings. The van der Waals surface area contributed by atoms with Crippen LogP contribution in [0.1, 0.15) is 22.4 Å². The van der Waals surface area contributed by atoms with E-state index in [1.807, 2.05) is 30.3 Å². The second kappa shape index (κ2) is 10.4. The fraction of sp³-hybridized carbons (Fsp3) is 0.111. The van der Waals surface area contributed by atoms with Crippen molar-refractivity contribution in [2.45, 2.75) is 18.1 Å². The van der Waals surface area contributed by atoms with Crippen LogP contribution in [0.15, 0.2) is 104 Å². The number of rotatable bonds is 8. The molecule has 0 saturated carbocycles. The number of anilines is 1. The number of hydrogen-bond donors (Lipinski definition) is 2. The lowest BCUT2D eigenvalue weighted by Gasteiger charge is -2.37. The third kappa shape index (κ3) is 5.83. The predicted molar refractivity (Wildman–Crippen MR) is 132 cm³/mol. The number of pyridine rings is 2. The molecule has 0 bridgehead atoms. The highest BCUT2D eigenvalue weighted by atomic mass is 35.5. The van der Waals surface area contributed by atoms with Crippen LogP contribution in [-0.4, -0.2) is 9.97 Å². The minimum Gasteiger partial charge on any atom is -0.357 e. The third-order valence-corrected chi connectivity index (χ3v) is 5.76. The van der Waals surface area contributed by atoms with E-state index in [2.05, 4.69) is 27.2 Å². The summed E-state index contributed by atoms with van der Waals surface area (Å²) in [5, 5.41) is 6.64. The van der Waals surface area contributed by atoms with Gasteiger partial charge in [0.2, 0.25) is 0 Å². The molecule has 0 aliphatic heterocycles. The lowest BCUT2D eigenvalue weighted by atomic mass is 9.79. The first kappa shape index (κ1) is 25.2. The molecular formula is C27H21ClF4N4. The number of alkyl halides is 3. The molecule has 2 aromatic heterocycles. The Kier molecular flexibility index (Phi) is 7.26. The van der Waals surface area contributed by atoms with Gasteiger partial charge in [0.05, 0.1) is 22.1 Å². The maximum absolute atomic E-state index is 14.7. The molecule has 0 spiro atoms. The van der Waals surface area contributed by atoms with E-state index < -0.39 is 23.1 Å². The molecule has 0 aliphatic rings. The molecule has 9 heteroatoms. The SMILES string of the molecule is C=C(Nc1ccncc1)N[C@](Cc1ccccc1)(c1cc(F)cc(C(F)(F)F)c1)c1ccc(Cl)cn1. The van der Waals surface area contributed by atoms with E-state index in [4.69, 9.17) is 11.6 Å². The van der Waals surface area contributed by atoms with Crippen molar-refractivity contribution in [1.29, 1.82) is 0 Å². The van der Waals surface area contributed by atoms with Crippen molar-refractivity contribution in [1.82, 2.24) is 15.3 Å². The van der Waals surface area contributed by atoms with Crippen LogP contribution < -0.4 is 10.6 Å². The fourth-order valence-corrected chi connectivity index (χ4v) is 4.06. The third-order valence-electron chi connectivity index (χ3n) is 5.53. The van der Waals surface area contributed by atoms with Gasteiger partial charge in [-0.1, -0.05) is 48.5 Å².